The van der Waals surface area contributed by atoms with Crippen molar-refractivity contribution in [1.82, 2.24) is 9.88 Å². The zero-order chi connectivity index (χ0) is 14.6. The van der Waals surface area contributed by atoms with E-state index < -0.39 is 0 Å². The summed E-state index contributed by atoms with van der Waals surface area (Å²) in [5, 5.41) is 13.6. The molecular formula is C14H25N3O2S. The molecule has 114 valence electrons. The van der Waals surface area contributed by atoms with Crippen LogP contribution < -0.4 is 5.32 Å². The maximum atomic E-state index is 9.34. The fourth-order valence-electron chi connectivity index (χ4n) is 2.55. The van der Waals surface area contributed by atoms with Crippen LogP contribution in [0.2, 0.25) is 0 Å². The molecule has 2 heterocycles. The molecule has 1 fully saturated rings. The lowest BCUT2D eigenvalue weighted by molar-refractivity contribution is -0.150. The average Bonchev–Trinajstić information content (AvgIpc) is 2.82. The molecule has 2 rings (SSSR count). The number of aliphatic hydroxyl groups is 1. The third-order valence-electron chi connectivity index (χ3n) is 3.21. The molecule has 1 atom stereocenters. The topological polar surface area (TPSA) is 57.6 Å². The maximum Gasteiger partial charge on any atom is 0.182 e. The van der Waals surface area contributed by atoms with Crippen molar-refractivity contribution in [3.8, 4) is 0 Å². The largest absolute Gasteiger partial charge is 0.394 e. The lowest BCUT2D eigenvalue weighted by Crippen LogP contribution is -2.53. The highest BCUT2D eigenvalue weighted by atomic mass is 32.1. The summed E-state index contributed by atoms with van der Waals surface area (Å²) in [4.78, 5) is 7.98. The van der Waals surface area contributed by atoms with Crippen molar-refractivity contribution in [3.05, 3.63) is 11.1 Å². The quantitative estimate of drug-likeness (QED) is 0.840. The average molecular weight is 299 g/mol. The van der Waals surface area contributed by atoms with Crippen molar-refractivity contribution in [1.29, 1.82) is 0 Å². The molecule has 0 aliphatic carbocycles. The molecule has 0 saturated carbocycles. The second-order valence-corrected chi connectivity index (χ2v) is 7.03. The lowest BCUT2D eigenvalue weighted by Gasteiger charge is -2.42. The Bertz CT molecular complexity index is 422. The van der Waals surface area contributed by atoms with Crippen molar-refractivity contribution in [2.24, 2.45) is 0 Å². The minimum Gasteiger partial charge on any atom is -0.394 e. The van der Waals surface area contributed by atoms with Crippen LogP contribution in [0.25, 0.3) is 0 Å². The minimum atomic E-state index is -0.209. The first-order chi connectivity index (χ1) is 9.52. The van der Waals surface area contributed by atoms with E-state index in [4.69, 9.17) is 4.74 Å². The molecule has 1 aliphatic rings. The lowest BCUT2D eigenvalue weighted by atomic mass is 10.1. The normalized spacial score (nSPS) is 22.9. The number of nitrogens with zero attached hydrogens (tertiary/aromatic N) is 2. The minimum absolute atomic E-state index is 0.0753. The van der Waals surface area contributed by atoms with Crippen molar-refractivity contribution in [2.45, 2.75) is 45.4 Å². The summed E-state index contributed by atoms with van der Waals surface area (Å²) in [6, 6.07) is 0. The fraction of sp³-hybridized carbons (Fsp3) is 0.786. The number of hydrogen-bond acceptors (Lipinski definition) is 6. The monoisotopic (exact) mass is 299 g/mol. The summed E-state index contributed by atoms with van der Waals surface area (Å²) in [6.45, 7) is 9.84. The third kappa shape index (κ3) is 4.41. The van der Waals surface area contributed by atoms with Crippen molar-refractivity contribution in [3.63, 3.8) is 0 Å². The highest BCUT2D eigenvalue weighted by molar-refractivity contribution is 7.15. The Morgan fingerprint density at radius 2 is 2.40 bits per heavy atom. The van der Waals surface area contributed by atoms with E-state index in [1.165, 1.54) is 4.88 Å². The number of nitrogens with one attached hydrogen (secondary N) is 1. The summed E-state index contributed by atoms with van der Waals surface area (Å²) in [5.41, 5.74) is -0.209. The number of anilines is 1. The smallest absolute Gasteiger partial charge is 0.182 e. The zero-order valence-electron chi connectivity index (χ0n) is 12.6. The molecule has 0 bridgehead atoms. The van der Waals surface area contributed by atoms with E-state index in [0.717, 1.165) is 37.7 Å². The van der Waals surface area contributed by atoms with Crippen LogP contribution in [0.3, 0.4) is 0 Å². The van der Waals surface area contributed by atoms with Crippen molar-refractivity contribution >= 4 is 16.5 Å². The van der Waals surface area contributed by atoms with Gasteiger partial charge < -0.3 is 15.2 Å². The highest BCUT2D eigenvalue weighted by Crippen LogP contribution is 2.25. The van der Waals surface area contributed by atoms with Crippen LogP contribution in [-0.2, 0) is 11.3 Å². The Kier molecular flexibility index (Phi) is 5.37. The van der Waals surface area contributed by atoms with Crippen LogP contribution in [-0.4, -0.2) is 52.9 Å². The van der Waals surface area contributed by atoms with E-state index in [-0.39, 0.29) is 18.3 Å². The molecule has 5 nitrogen and oxygen atoms in total. The number of aliphatic hydroxyl groups excluding tert-OH is 1. The van der Waals surface area contributed by atoms with Gasteiger partial charge in [0.05, 0.1) is 18.3 Å². The Morgan fingerprint density at radius 3 is 3.10 bits per heavy atom. The highest BCUT2D eigenvalue weighted by Gasteiger charge is 2.33. The van der Waals surface area contributed by atoms with Gasteiger partial charge in [-0.25, -0.2) is 4.98 Å². The SMILES string of the molecule is CCCNc1ncc(CN2CC(CO)OC(C)(C)C2)s1. The van der Waals surface area contributed by atoms with E-state index in [0.29, 0.717) is 0 Å². The van der Waals surface area contributed by atoms with Gasteiger partial charge in [0.25, 0.3) is 0 Å². The standard InChI is InChI=1S/C14H25N3O2S/c1-4-5-15-13-16-6-12(20-13)8-17-7-11(9-18)19-14(2,3)10-17/h6,11,18H,4-5,7-10H2,1-3H3,(H,15,16). The van der Waals surface area contributed by atoms with Crippen LogP contribution in [0.15, 0.2) is 6.20 Å². The van der Waals surface area contributed by atoms with Crippen LogP contribution in [0, 0.1) is 0 Å². The number of aromatic nitrogens is 1. The van der Waals surface area contributed by atoms with Crippen molar-refractivity contribution in [2.75, 3.05) is 31.6 Å². The summed E-state index contributed by atoms with van der Waals surface area (Å²) in [6.07, 6.45) is 2.95. The Hall–Kier alpha value is -0.690. The number of thiazole rings is 1. The molecule has 6 heteroatoms. The van der Waals surface area contributed by atoms with Crippen LogP contribution in [0.1, 0.15) is 32.1 Å². The van der Waals surface area contributed by atoms with Gasteiger partial charge in [0.15, 0.2) is 5.13 Å². The Labute approximate surface area is 125 Å². The molecule has 1 saturated heterocycles. The van der Waals surface area contributed by atoms with Gasteiger partial charge in [-0.1, -0.05) is 6.92 Å². The van der Waals surface area contributed by atoms with Crippen LogP contribution in [0.5, 0.6) is 0 Å². The van der Waals surface area contributed by atoms with Gasteiger partial charge in [-0.3, -0.25) is 4.90 Å². The van der Waals surface area contributed by atoms with Gasteiger partial charge >= 0.3 is 0 Å². The van der Waals surface area contributed by atoms with Gasteiger partial charge in [-0.05, 0) is 20.3 Å². The molecule has 1 aliphatic heterocycles. The first-order valence-corrected chi connectivity index (χ1v) is 8.03. The second-order valence-electron chi connectivity index (χ2n) is 5.91. The van der Waals surface area contributed by atoms with E-state index in [1.54, 1.807) is 11.3 Å². The molecule has 1 aromatic rings. The third-order valence-corrected chi connectivity index (χ3v) is 4.15. The van der Waals surface area contributed by atoms with E-state index in [1.807, 2.05) is 6.20 Å². The number of morpholine rings is 1. The molecule has 2 N–H and O–H groups in total. The van der Waals surface area contributed by atoms with Gasteiger partial charge in [0.2, 0.25) is 0 Å². The van der Waals surface area contributed by atoms with Crippen LogP contribution >= 0.6 is 11.3 Å². The Morgan fingerprint density at radius 1 is 1.60 bits per heavy atom. The van der Waals surface area contributed by atoms with Crippen molar-refractivity contribution < 1.29 is 9.84 Å². The number of hydrogen-bond donors (Lipinski definition) is 2. The molecule has 0 radical (unpaired) electrons. The zero-order valence-corrected chi connectivity index (χ0v) is 13.4. The molecule has 1 unspecified atom stereocenters. The van der Waals surface area contributed by atoms with E-state index in [2.05, 4.69) is 36.0 Å². The summed E-state index contributed by atoms with van der Waals surface area (Å²) >= 11 is 1.71. The molecule has 0 amide bonds. The number of ether oxygens (including phenoxy) is 1. The van der Waals surface area contributed by atoms with Crippen LogP contribution in [0.4, 0.5) is 5.13 Å². The summed E-state index contributed by atoms with van der Waals surface area (Å²) in [7, 11) is 0. The summed E-state index contributed by atoms with van der Waals surface area (Å²) in [5.74, 6) is 0. The number of rotatable bonds is 6. The Balaban J connectivity index is 1.93. The first-order valence-electron chi connectivity index (χ1n) is 7.22. The van der Waals surface area contributed by atoms with Gasteiger partial charge in [-0.15, -0.1) is 11.3 Å². The molecule has 0 spiro atoms. The second kappa shape index (κ2) is 6.85. The predicted molar refractivity (Wildman–Crippen MR) is 82.2 cm³/mol. The maximum absolute atomic E-state index is 9.34. The predicted octanol–water partition coefficient (Wildman–Crippen LogP) is 1.94. The summed E-state index contributed by atoms with van der Waals surface area (Å²) < 4.78 is 5.83. The fourth-order valence-corrected chi connectivity index (χ4v) is 3.43. The first kappa shape index (κ1) is 15.7. The van der Waals surface area contributed by atoms with Gasteiger partial charge in [0, 0.05) is 37.3 Å². The molecule has 20 heavy (non-hydrogen) atoms. The molecular weight excluding hydrogens is 274 g/mol. The molecule has 0 aromatic carbocycles. The van der Waals surface area contributed by atoms with E-state index in [9.17, 15) is 5.11 Å². The van der Waals surface area contributed by atoms with Gasteiger partial charge in [-0.2, -0.15) is 0 Å². The van der Waals surface area contributed by atoms with Gasteiger partial charge in [0.1, 0.15) is 0 Å². The van der Waals surface area contributed by atoms with E-state index >= 15 is 0 Å². The molecule has 1 aromatic heterocycles.